The number of rotatable bonds is 3. The quantitative estimate of drug-likeness (QED) is 0.798. The summed E-state index contributed by atoms with van der Waals surface area (Å²) in [6.07, 6.45) is 0. The summed E-state index contributed by atoms with van der Waals surface area (Å²) in [4.78, 5) is 12.0. The van der Waals surface area contributed by atoms with Crippen LogP contribution in [0.4, 0.5) is 0 Å². The minimum Gasteiger partial charge on any atom is -0.457 e. The van der Waals surface area contributed by atoms with Crippen LogP contribution in [0.25, 0.3) is 0 Å². The number of halogens is 1. The molecule has 0 radical (unpaired) electrons. The second kappa shape index (κ2) is 5.83. The zero-order valence-corrected chi connectivity index (χ0v) is 11.6. The predicted octanol–water partition coefficient (Wildman–Crippen LogP) is 4.11. The third-order valence-corrected chi connectivity index (χ3v) is 3.30. The van der Waals surface area contributed by atoms with Crippen molar-refractivity contribution in [2.75, 3.05) is 0 Å². The Kier molecular flexibility index (Phi) is 4.15. The monoisotopic (exact) mass is 304 g/mol. The van der Waals surface area contributed by atoms with Gasteiger partial charge in [-0.05, 0) is 40.0 Å². The lowest BCUT2D eigenvalue weighted by atomic mass is 10.1. The van der Waals surface area contributed by atoms with Gasteiger partial charge < -0.3 is 4.74 Å². The Morgan fingerprint density at radius 1 is 1.11 bits per heavy atom. The first-order chi connectivity index (χ1) is 8.68. The predicted molar refractivity (Wildman–Crippen MR) is 74.4 cm³/mol. The minimum atomic E-state index is -0.302. The van der Waals surface area contributed by atoms with E-state index >= 15 is 0 Å². The maximum absolute atomic E-state index is 12.0. The number of esters is 1. The normalized spacial score (nSPS) is 10.1. The number of aryl methyl sites for hydroxylation is 1. The fourth-order valence-corrected chi connectivity index (χ4v) is 2.31. The van der Waals surface area contributed by atoms with Crippen LogP contribution in [0.5, 0.6) is 0 Å². The molecule has 0 aliphatic rings. The van der Waals surface area contributed by atoms with Crippen molar-refractivity contribution in [2.45, 2.75) is 13.5 Å². The van der Waals surface area contributed by atoms with Gasteiger partial charge in [-0.3, -0.25) is 0 Å². The lowest BCUT2D eigenvalue weighted by molar-refractivity contribution is 0.0471. The number of ether oxygens (including phenoxy) is 1. The molecule has 0 bridgehead atoms. The summed E-state index contributed by atoms with van der Waals surface area (Å²) < 4.78 is 6.07. The summed E-state index contributed by atoms with van der Waals surface area (Å²) >= 11 is 3.37. The molecule has 0 fully saturated rings. The van der Waals surface area contributed by atoms with E-state index in [-0.39, 0.29) is 5.97 Å². The number of hydrogen-bond donors (Lipinski definition) is 0. The fourth-order valence-electron chi connectivity index (χ4n) is 1.69. The fraction of sp³-hybridized carbons (Fsp3) is 0.133. The molecular formula is C15H13BrO2. The van der Waals surface area contributed by atoms with Gasteiger partial charge in [0, 0.05) is 4.47 Å². The van der Waals surface area contributed by atoms with Gasteiger partial charge in [-0.1, -0.05) is 42.5 Å². The van der Waals surface area contributed by atoms with E-state index < -0.39 is 0 Å². The first-order valence-corrected chi connectivity index (χ1v) is 6.44. The summed E-state index contributed by atoms with van der Waals surface area (Å²) in [6.45, 7) is 2.18. The van der Waals surface area contributed by atoms with Crippen LogP contribution in [-0.2, 0) is 11.3 Å². The Morgan fingerprint density at radius 2 is 1.83 bits per heavy atom. The lowest BCUT2D eigenvalue weighted by Gasteiger charge is -2.08. The topological polar surface area (TPSA) is 26.3 Å². The third-order valence-electron chi connectivity index (χ3n) is 2.64. The molecule has 0 unspecified atom stereocenters. The largest absolute Gasteiger partial charge is 0.457 e. The standard InChI is InChI=1S/C15H13BrO2/c1-11-6-5-9-13(16)14(11)15(17)18-10-12-7-3-2-4-8-12/h2-9H,10H2,1H3. The van der Waals surface area contributed by atoms with Gasteiger partial charge in [0.15, 0.2) is 0 Å². The van der Waals surface area contributed by atoms with E-state index in [4.69, 9.17) is 4.74 Å². The van der Waals surface area contributed by atoms with E-state index in [1.165, 1.54) is 0 Å². The van der Waals surface area contributed by atoms with Crippen LogP contribution in [0.2, 0.25) is 0 Å². The average molecular weight is 305 g/mol. The molecule has 0 amide bonds. The molecule has 2 nitrogen and oxygen atoms in total. The second-order valence-electron chi connectivity index (χ2n) is 3.99. The van der Waals surface area contributed by atoms with Gasteiger partial charge >= 0.3 is 5.97 Å². The van der Waals surface area contributed by atoms with Gasteiger partial charge in [-0.2, -0.15) is 0 Å². The molecular weight excluding hydrogens is 292 g/mol. The molecule has 0 saturated carbocycles. The summed E-state index contributed by atoms with van der Waals surface area (Å²) in [6, 6.07) is 15.3. The van der Waals surface area contributed by atoms with Crippen LogP contribution < -0.4 is 0 Å². The Morgan fingerprint density at radius 3 is 2.50 bits per heavy atom. The van der Waals surface area contributed by atoms with E-state index in [0.29, 0.717) is 12.2 Å². The van der Waals surface area contributed by atoms with Gasteiger partial charge in [0.05, 0.1) is 5.56 Å². The summed E-state index contributed by atoms with van der Waals surface area (Å²) in [5.74, 6) is -0.302. The molecule has 2 rings (SSSR count). The highest BCUT2D eigenvalue weighted by atomic mass is 79.9. The molecule has 3 heteroatoms. The first-order valence-electron chi connectivity index (χ1n) is 5.64. The van der Waals surface area contributed by atoms with Crippen molar-refractivity contribution in [1.29, 1.82) is 0 Å². The lowest BCUT2D eigenvalue weighted by Crippen LogP contribution is -2.08. The van der Waals surface area contributed by atoms with Crippen LogP contribution in [0.1, 0.15) is 21.5 Å². The number of carbonyl (C=O) groups excluding carboxylic acids is 1. The Balaban J connectivity index is 2.09. The van der Waals surface area contributed by atoms with E-state index in [2.05, 4.69) is 15.9 Å². The summed E-state index contributed by atoms with van der Waals surface area (Å²) in [7, 11) is 0. The van der Waals surface area contributed by atoms with Crippen LogP contribution in [0, 0.1) is 6.92 Å². The van der Waals surface area contributed by atoms with Crippen molar-refractivity contribution in [2.24, 2.45) is 0 Å². The molecule has 92 valence electrons. The average Bonchev–Trinajstić information content (AvgIpc) is 2.37. The van der Waals surface area contributed by atoms with Gasteiger partial charge in [0.1, 0.15) is 6.61 Å². The maximum Gasteiger partial charge on any atom is 0.339 e. The SMILES string of the molecule is Cc1cccc(Br)c1C(=O)OCc1ccccc1. The Hall–Kier alpha value is -1.61. The van der Waals surface area contributed by atoms with Gasteiger partial charge in [0.2, 0.25) is 0 Å². The highest BCUT2D eigenvalue weighted by molar-refractivity contribution is 9.10. The van der Waals surface area contributed by atoms with Gasteiger partial charge in [0.25, 0.3) is 0 Å². The second-order valence-corrected chi connectivity index (χ2v) is 4.85. The number of hydrogen-bond acceptors (Lipinski definition) is 2. The van der Waals surface area contributed by atoms with Crippen LogP contribution >= 0.6 is 15.9 Å². The van der Waals surface area contributed by atoms with Crippen LogP contribution in [-0.4, -0.2) is 5.97 Å². The van der Waals surface area contributed by atoms with Crippen molar-refractivity contribution in [3.8, 4) is 0 Å². The molecule has 18 heavy (non-hydrogen) atoms. The van der Waals surface area contributed by atoms with Crippen LogP contribution in [0.15, 0.2) is 53.0 Å². The van der Waals surface area contributed by atoms with E-state index in [1.807, 2.05) is 55.5 Å². The molecule has 0 N–H and O–H groups in total. The van der Waals surface area contributed by atoms with E-state index in [1.54, 1.807) is 0 Å². The molecule has 2 aromatic rings. The van der Waals surface area contributed by atoms with Crippen molar-refractivity contribution in [3.05, 3.63) is 69.7 Å². The molecule has 0 saturated heterocycles. The molecule has 0 atom stereocenters. The summed E-state index contributed by atoms with van der Waals surface area (Å²) in [5, 5.41) is 0. The van der Waals surface area contributed by atoms with Crippen molar-refractivity contribution in [3.63, 3.8) is 0 Å². The zero-order valence-electron chi connectivity index (χ0n) is 10.0. The molecule has 0 spiro atoms. The van der Waals surface area contributed by atoms with Gasteiger partial charge in [-0.25, -0.2) is 4.79 Å². The molecule has 0 aliphatic heterocycles. The zero-order chi connectivity index (χ0) is 13.0. The van der Waals surface area contributed by atoms with Crippen LogP contribution in [0.3, 0.4) is 0 Å². The van der Waals surface area contributed by atoms with Crippen molar-refractivity contribution >= 4 is 21.9 Å². The van der Waals surface area contributed by atoms with Gasteiger partial charge in [-0.15, -0.1) is 0 Å². The molecule has 0 aliphatic carbocycles. The maximum atomic E-state index is 12.0. The minimum absolute atomic E-state index is 0.292. The van der Waals surface area contributed by atoms with E-state index in [0.717, 1.165) is 15.6 Å². The smallest absolute Gasteiger partial charge is 0.339 e. The highest BCUT2D eigenvalue weighted by Gasteiger charge is 2.14. The highest BCUT2D eigenvalue weighted by Crippen LogP contribution is 2.21. The Bertz CT molecular complexity index is 529. The number of benzene rings is 2. The van der Waals surface area contributed by atoms with Crippen molar-refractivity contribution < 1.29 is 9.53 Å². The van der Waals surface area contributed by atoms with Crippen molar-refractivity contribution in [1.82, 2.24) is 0 Å². The van der Waals surface area contributed by atoms with E-state index in [9.17, 15) is 4.79 Å². The number of carbonyl (C=O) groups is 1. The third kappa shape index (κ3) is 2.99. The summed E-state index contributed by atoms with van der Waals surface area (Å²) in [5.41, 5.74) is 2.48. The molecule has 0 heterocycles. The Labute approximate surface area is 115 Å². The molecule has 2 aromatic carbocycles. The first kappa shape index (κ1) is 12.8. The molecule has 0 aromatic heterocycles.